The normalized spacial score (nSPS) is 17.8. The molecule has 2 aromatic rings. The molecule has 0 aromatic heterocycles. The van der Waals surface area contributed by atoms with E-state index in [-0.39, 0.29) is 18.2 Å². The van der Waals surface area contributed by atoms with Crippen LogP contribution in [0.25, 0.3) is 0 Å². The van der Waals surface area contributed by atoms with Crippen LogP contribution in [0, 0.1) is 0 Å². The van der Waals surface area contributed by atoms with Gasteiger partial charge in [0.2, 0.25) is 11.8 Å². The minimum absolute atomic E-state index is 0.0542. The summed E-state index contributed by atoms with van der Waals surface area (Å²) in [6.45, 7) is 5.01. The Kier molecular flexibility index (Phi) is 6.71. The maximum atomic E-state index is 12.5. The van der Waals surface area contributed by atoms with Crippen molar-refractivity contribution in [2.45, 2.75) is 25.5 Å². The number of aliphatic imine (C=N–C) groups is 1. The average molecular weight is 398 g/mol. The van der Waals surface area contributed by atoms with Gasteiger partial charge in [-0.3, -0.25) is 19.5 Å². The quantitative estimate of drug-likeness (QED) is 0.762. The number of nitrogens with zero attached hydrogens (tertiary/aromatic N) is 2. The molecule has 1 aliphatic rings. The van der Waals surface area contributed by atoms with Gasteiger partial charge in [0.05, 0.1) is 0 Å². The van der Waals surface area contributed by atoms with Crippen LogP contribution < -0.4 is 10.1 Å². The number of amides is 2. The molecule has 1 saturated heterocycles. The smallest absolute Gasteiger partial charge is 0.242 e. The highest BCUT2D eigenvalue weighted by atomic mass is 32.2. The molecular formula is C21H23N3O3S. The second-order valence-electron chi connectivity index (χ2n) is 6.14. The zero-order valence-corrected chi connectivity index (χ0v) is 16.7. The zero-order chi connectivity index (χ0) is 19.9. The third-order valence-electron chi connectivity index (χ3n) is 4.12. The van der Waals surface area contributed by atoms with Crippen LogP contribution in [0.1, 0.15) is 20.3 Å². The topological polar surface area (TPSA) is 71.0 Å². The first kappa shape index (κ1) is 19.9. The SMILES string of the molecule is CCN=C1S[C@H](CC(=O)Nc2ccc(Oc3ccccc3)cc2)C(=O)N1CC. The van der Waals surface area contributed by atoms with Gasteiger partial charge in [-0.25, -0.2) is 0 Å². The molecule has 6 nitrogen and oxygen atoms in total. The Hall–Kier alpha value is -2.80. The van der Waals surface area contributed by atoms with Gasteiger partial charge in [0.25, 0.3) is 0 Å². The number of benzene rings is 2. The Morgan fingerprint density at radius 3 is 2.43 bits per heavy atom. The molecule has 0 aliphatic carbocycles. The van der Waals surface area contributed by atoms with Crippen LogP contribution in [0.5, 0.6) is 11.5 Å². The van der Waals surface area contributed by atoms with Crippen molar-refractivity contribution in [2.24, 2.45) is 4.99 Å². The van der Waals surface area contributed by atoms with Crippen molar-refractivity contribution >= 4 is 34.4 Å². The lowest BCUT2D eigenvalue weighted by Gasteiger charge is -2.13. The van der Waals surface area contributed by atoms with E-state index in [2.05, 4.69) is 10.3 Å². The monoisotopic (exact) mass is 397 g/mol. The minimum atomic E-state index is -0.425. The van der Waals surface area contributed by atoms with Crippen LogP contribution in [0.15, 0.2) is 59.6 Å². The highest BCUT2D eigenvalue weighted by Gasteiger charge is 2.38. The molecule has 2 amide bonds. The summed E-state index contributed by atoms with van der Waals surface area (Å²) in [7, 11) is 0. The Bertz CT molecular complexity index is 853. The van der Waals surface area contributed by atoms with E-state index < -0.39 is 5.25 Å². The predicted octanol–water partition coefficient (Wildman–Crippen LogP) is 4.15. The number of carbonyl (C=O) groups excluding carboxylic acids is 2. The third kappa shape index (κ3) is 4.92. The Labute approximate surface area is 169 Å². The maximum Gasteiger partial charge on any atom is 0.242 e. The van der Waals surface area contributed by atoms with E-state index in [4.69, 9.17) is 4.74 Å². The molecule has 0 bridgehead atoms. The molecule has 146 valence electrons. The summed E-state index contributed by atoms with van der Waals surface area (Å²) in [5.41, 5.74) is 0.663. The fourth-order valence-electron chi connectivity index (χ4n) is 2.80. The summed E-state index contributed by atoms with van der Waals surface area (Å²) in [5.74, 6) is 1.18. The first-order valence-electron chi connectivity index (χ1n) is 9.26. The average Bonchev–Trinajstić information content (AvgIpc) is 2.98. The summed E-state index contributed by atoms with van der Waals surface area (Å²) in [5, 5.41) is 3.12. The van der Waals surface area contributed by atoms with Crippen LogP contribution in [0.4, 0.5) is 5.69 Å². The fraction of sp³-hybridized carbons (Fsp3) is 0.286. The second-order valence-corrected chi connectivity index (χ2v) is 7.31. The molecular weight excluding hydrogens is 374 g/mol. The largest absolute Gasteiger partial charge is 0.457 e. The first-order valence-corrected chi connectivity index (χ1v) is 10.1. The van der Waals surface area contributed by atoms with Gasteiger partial charge in [0.15, 0.2) is 5.17 Å². The van der Waals surface area contributed by atoms with Gasteiger partial charge in [-0.1, -0.05) is 30.0 Å². The predicted molar refractivity (Wildman–Crippen MR) is 113 cm³/mol. The number of hydrogen-bond acceptors (Lipinski definition) is 5. The molecule has 7 heteroatoms. The van der Waals surface area contributed by atoms with Crippen molar-refractivity contribution in [2.75, 3.05) is 18.4 Å². The van der Waals surface area contributed by atoms with Gasteiger partial charge in [-0.15, -0.1) is 0 Å². The number of carbonyl (C=O) groups is 2. The summed E-state index contributed by atoms with van der Waals surface area (Å²) in [6, 6.07) is 16.6. The van der Waals surface area contributed by atoms with E-state index in [1.54, 1.807) is 29.2 Å². The lowest BCUT2D eigenvalue weighted by molar-refractivity contribution is -0.128. The zero-order valence-electron chi connectivity index (χ0n) is 15.9. The summed E-state index contributed by atoms with van der Waals surface area (Å²) < 4.78 is 5.74. The molecule has 0 spiro atoms. The maximum absolute atomic E-state index is 12.5. The number of amidine groups is 1. The van der Waals surface area contributed by atoms with Crippen LogP contribution in [0.2, 0.25) is 0 Å². The number of anilines is 1. The van der Waals surface area contributed by atoms with E-state index in [1.807, 2.05) is 44.2 Å². The van der Waals surface area contributed by atoms with Crippen molar-refractivity contribution < 1.29 is 14.3 Å². The molecule has 1 fully saturated rings. The molecule has 0 radical (unpaired) electrons. The Balaban J connectivity index is 1.56. The number of rotatable bonds is 7. The summed E-state index contributed by atoms with van der Waals surface area (Å²) in [6.07, 6.45) is 0.116. The number of nitrogens with one attached hydrogen (secondary N) is 1. The molecule has 0 unspecified atom stereocenters. The lowest BCUT2D eigenvalue weighted by atomic mass is 10.2. The molecule has 0 saturated carbocycles. The molecule has 1 heterocycles. The van der Waals surface area contributed by atoms with E-state index in [1.165, 1.54) is 11.8 Å². The van der Waals surface area contributed by atoms with Crippen molar-refractivity contribution in [1.82, 2.24) is 4.90 Å². The van der Waals surface area contributed by atoms with Crippen LogP contribution in [0.3, 0.4) is 0 Å². The van der Waals surface area contributed by atoms with Crippen LogP contribution >= 0.6 is 11.8 Å². The highest BCUT2D eigenvalue weighted by molar-refractivity contribution is 8.15. The molecule has 1 atom stereocenters. The highest BCUT2D eigenvalue weighted by Crippen LogP contribution is 2.30. The van der Waals surface area contributed by atoms with Gasteiger partial charge in [-0.2, -0.15) is 0 Å². The van der Waals surface area contributed by atoms with Crippen LogP contribution in [-0.4, -0.2) is 40.2 Å². The van der Waals surface area contributed by atoms with Crippen molar-refractivity contribution in [3.63, 3.8) is 0 Å². The second kappa shape index (κ2) is 9.41. The number of hydrogen-bond donors (Lipinski definition) is 1. The van der Waals surface area contributed by atoms with Gasteiger partial charge < -0.3 is 10.1 Å². The standard InChI is InChI=1S/C21H23N3O3S/c1-3-22-21-24(4-2)20(26)18(28-21)14-19(25)23-15-10-12-17(13-11-15)27-16-8-6-5-7-9-16/h5-13,18H,3-4,14H2,1-2H3,(H,23,25)/t18-/m1/s1. The van der Waals surface area contributed by atoms with Crippen LogP contribution in [-0.2, 0) is 9.59 Å². The van der Waals surface area contributed by atoms with E-state index in [9.17, 15) is 9.59 Å². The van der Waals surface area contributed by atoms with Crippen molar-refractivity contribution in [3.05, 3.63) is 54.6 Å². The van der Waals surface area contributed by atoms with E-state index in [0.717, 1.165) is 5.75 Å². The number of ether oxygens (including phenoxy) is 1. The van der Waals surface area contributed by atoms with Crippen molar-refractivity contribution in [1.29, 1.82) is 0 Å². The third-order valence-corrected chi connectivity index (χ3v) is 5.33. The molecule has 2 aromatic carbocycles. The van der Waals surface area contributed by atoms with Crippen molar-refractivity contribution in [3.8, 4) is 11.5 Å². The number of thioether (sulfide) groups is 1. The summed E-state index contributed by atoms with van der Waals surface area (Å²) >= 11 is 1.36. The molecule has 28 heavy (non-hydrogen) atoms. The van der Waals surface area contributed by atoms with E-state index >= 15 is 0 Å². The number of para-hydroxylation sites is 1. The van der Waals surface area contributed by atoms with Gasteiger partial charge in [-0.05, 0) is 50.2 Å². The first-order chi connectivity index (χ1) is 13.6. The van der Waals surface area contributed by atoms with Gasteiger partial charge in [0, 0.05) is 25.2 Å². The Morgan fingerprint density at radius 1 is 1.11 bits per heavy atom. The Morgan fingerprint density at radius 2 is 1.79 bits per heavy atom. The van der Waals surface area contributed by atoms with Gasteiger partial charge >= 0.3 is 0 Å². The molecule has 1 aliphatic heterocycles. The minimum Gasteiger partial charge on any atom is -0.457 e. The van der Waals surface area contributed by atoms with Gasteiger partial charge in [0.1, 0.15) is 16.7 Å². The molecule has 3 rings (SSSR count). The lowest BCUT2D eigenvalue weighted by Crippen LogP contribution is -2.33. The fourth-order valence-corrected chi connectivity index (χ4v) is 4.07. The molecule has 1 N–H and O–H groups in total. The van der Waals surface area contributed by atoms with E-state index in [0.29, 0.717) is 29.7 Å². The summed E-state index contributed by atoms with van der Waals surface area (Å²) in [4.78, 5) is 30.8.